The number of carbonyl (C=O) groups is 2. The molecular formula is C21H26N2O2. The Kier molecular flexibility index (Phi) is 6.34. The van der Waals surface area contributed by atoms with Crippen molar-refractivity contribution >= 4 is 11.8 Å². The van der Waals surface area contributed by atoms with Gasteiger partial charge < -0.3 is 10.6 Å². The maximum absolute atomic E-state index is 12.5. The highest BCUT2D eigenvalue weighted by Crippen LogP contribution is 2.18. The SMILES string of the molecule is CCC(C)(C)NC(=O)C[C@H](NC(=O)c1ccccc1)c1ccccc1. The van der Waals surface area contributed by atoms with Crippen LogP contribution < -0.4 is 10.6 Å². The summed E-state index contributed by atoms with van der Waals surface area (Å²) in [6, 6.07) is 18.2. The van der Waals surface area contributed by atoms with Gasteiger partial charge in [-0.15, -0.1) is 0 Å². The summed E-state index contributed by atoms with van der Waals surface area (Å²) in [4.78, 5) is 25.0. The van der Waals surface area contributed by atoms with E-state index in [1.807, 2.05) is 69.3 Å². The topological polar surface area (TPSA) is 58.2 Å². The van der Waals surface area contributed by atoms with Crippen molar-refractivity contribution in [2.24, 2.45) is 0 Å². The number of benzene rings is 2. The van der Waals surface area contributed by atoms with Crippen molar-refractivity contribution in [3.8, 4) is 0 Å². The second-order valence-electron chi connectivity index (χ2n) is 6.79. The summed E-state index contributed by atoms with van der Waals surface area (Å²) in [5.74, 6) is -0.258. The van der Waals surface area contributed by atoms with E-state index in [1.165, 1.54) is 0 Å². The van der Waals surface area contributed by atoms with Crippen LogP contribution in [0.4, 0.5) is 0 Å². The Bertz CT molecular complexity index is 696. The third-order valence-electron chi connectivity index (χ3n) is 4.29. The average Bonchev–Trinajstić information content (AvgIpc) is 2.62. The molecule has 0 fully saturated rings. The lowest BCUT2D eigenvalue weighted by atomic mass is 9.99. The Morgan fingerprint density at radius 2 is 1.52 bits per heavy atom. The molecule has 0 aliphatic carbocycles. The van der Waals surface area contributed by atoms with Crippen molar-refractivity contribution in [2.75, 3.05) is 0 Å². The van der Waals surface area contributed by atoms with Gasteiger partial charge in [0.2, 0.25) is 5.91 Å². The molecule has 0 aromatic heterocycles. The van der Waals surface area contributed by atoms with Crippen molar-refractivity contribution in [1.82, 2.24) is 10.6 Å². The zero-order valence-electron chi connectivity index (χ0n) is 15.1. The lowest BCUT2D eigenvalue weighted by Crippen LogP contribution is -2.44. The van der Waals surface area contributed by atoms with Crippen LogP contribution in [-0.4, -0.2) is 17.4 Å². The van der Waals surface area contributed by atoms with Gasteiger partial charge in [-0.2, -0.15) is 0 Å². The first-order valence-corrected chi connectivity index (χ1v) is 8.63. The van der Waals surface area contributed by atoms with Crippen molar-refractivity contribution < 1.29 is 9.59 Å². The van der Waals surface area contributed by atoms with E-state index in [0.29, 0.717) is 5.56 Å². The van der Waals surface area contributed by atoms with E-state index in [9.17, 15) is 9.59 Å². The van der Waals surface area contributed by atoms with Crippen LogP contribution in [0, 0.1) is 0 Å². The molecule has 2 rings (SSSR count). The molecule has 0 unspecified atom stereocenters. The molecule has 4 heteroatoms. The third kappa shape index (κ3) is 5.75. The maximum atomic E-state index is 12.5. The van der Waals surface area contributed by atoms with Crippen molar-refractivity contribution in [3.63, 3.8) is 0 Å². The van der Waals surface area contributed by atoms with E-state index in [2.05, 4.69) is 10.6 Å². The fourth-order valence-corrected chi connectivity index (χ4v) is 2.47. The Morgan fingerprint density at radius 1 is 0.960 bits per heavy atom. The highest BCUT2D eigenvalue weighted by atomic mass is 16.2. The standard InChI is InChI=1S/C21H26N2O2/c1-4-21(2,3)23-19(24)15-18(16-11-7-5-8-12-16)22-20(25)17-13-9-6-10-14-17/h5-14,18H,4,15H2,1-3H3,(H,22,25)(H,23,24)/t18-/m0/s1. The predicted molar refractivity (Wildman–Crippen MR) is 100 cm³/mol. The molecule has 1 atom stereocenters. The highest BCUT2D eigenvalue weighted by Gasteiger charge is 2.23. The van der Waals surface area contributed by atoms with E-state index >= 15 is 0 Å². The first-order chi connectivity index (χ1) is 11.9. The van der Waals surface area contributed by atoms with Crippen LogP contribution in [-0.2, 0) is 4.79 Å². The molecule has 0 aliphatic heterocycles. The Balaban J connectivity index is 2.14. The van der Waals surface area contributed by atoms with Crippen LogP contribution in [0.2, 0.25) is 0 Å². The first kappa shape index (κ1) is 18.7. The van der Waals surface area contributed by atoms with Crippen LogP contribution >= 0.6 is 0 Å². The molecule has 0 bridgehead atoms. The first-order valence-electron chi connectivity index (χ1n) is 8.63. The molecule has 2 aromatic rings. The zero-order chi connectivity index (χ0) is 18.3. The van der Waals surface area contributed by atoms with Gasteiger partial charge in [0.25, 0.3) is 5.91 Å². The Hall–Kier alpha value is -2.62. The molecule has 2 aromatic carbocycles. The normalized spacial score (nSPS) is 12.3. The van der Waals surface area contributed by atoms with Crippen LogP contribution in [0.25, 0.3) is 0 Å². The Morgan fingerprint density at radius 3 is 2.08 bits per heavy atom. The molecule has 0 aliphatic rings. The minimum Gasteiger partial charge on any atom is -0.351 e. The van der Waals surface area contributed by atoms with E-state index in [1.54, 1.807) is 12.1 Å². The predicted octanol–water partition coefficient (Wildman–Crippen LogP) is 3.85. The largest absolute Gasteiger partial charge is 0.351 e. The number of carbonyl (C=O) groups excluding carboxylic acids is 2. The van der Waals surface area contributed by atoms with Gasteiger partial charge in [-0.3, -0.25) is 9.59 Å². The quantitative estimate of drug-likeness (QED) is 0.805. The molecule has 4 nitrogen and oxygen atoms in total. The fraction of sp³-hybridized carbons (Fsp3) is 0.333. The van der Waals surface area contributed by atoms with Gasteiger partial charge in [-0.05, 0) is 38.0 Å². The van der Waals surface area contributed by atoms with Gasteiger partial charge in [0.1, 0.15) is 0 Å². The molecule has 2 amide bonds. The van der Waals surface area contributed by atoms with Crippen LogP contribution in [0.15, 0.2) is 60.7 Å². The number of hydrogen-bond acceptors (Lipinski definition) is 2. The van der Waals surface area contributed by atoms with Crippen molar-refractivity contribution in [2.45, 2.75) is 45.2 Å². The van der Waals surface area contributed by atoms with Gasteiger partial charge in [0, 0.05) is 11.1 Å². The molecule has 132 valence electrons. The highest BCUT2D eigenvalue weighted by molar-refractivity contribution is 5.94. The van der Waals surface area contributed by atoms with Crippen molar-refractivity contribution in [1.29, 1.82) is 0 Å². The molecule has 0 radical (unpaired) electrons. The molecule has 25 heavy (non-hydrogen) atoms. The van der Waals surface area contributed by atoms with Gasteiger partial charge in [-0.1, -0.05) is 55.5 Å². The van der Waals surface area contributed by atoms with Crippen molar-refractivity contribution in [3.05, 3.63) is 71.8 Å². The van der Waals surface area contributed by atoms with Gasteiger partial charge in [-0.25, -0.2) is 0 Å². The maximum Gasteiger partial charge on any atom is 0.251 e. The number of hydrogen-bond donors (Lipinski definition) is 2. The summed E-state index contributed by atoms with van der Waals surface area (Å²) in [5.41, 5.74) is 1.23. The minimum absolute atomic E-state index is 0.0749. The molecule has 2 N–H and O–H groups in total. The molecule has 0 saturated heterocycles. The summed E-state index contributed by atoms with van der Waals surface area (Å²) in [5, 5.41) is 6.01. The van der Waals surface area contributed by atoms with Crippen LogP contribution in [0.3, 0.4) is 0 Å². The molecular weight excluding hydrogens is 312 g/mol. The second kappa shape index (κ2) is 8.47. The molecule has 0 heterocycles. The summed E-state index contributed by atoms with van der Waals surface area (Å²) < 4.78 is 0. The average molecular weight is 338 g/mol. The van der Waals surface area contributed by atoms with Gasteiger partial charge in [0.15, 0.2) is 0 Å². The fourth-order valence-electron chi connectivity index (χ4n) is 2.47. The van der Waals surface area contributed by atoms with Gasteiger partial charge in [0.05, 0.1) is 12.5 Å². The summed E-state index contributed by atoms with van der Waals surface area (Å²) >= 11 is 0. The lowest BCUT2D eigenvalue weighted by Gasteiger charge is -2.26. The number of nitrogens with one attached hydrogen (secondary N) is 2. The Labute approximate surface area is 149 Å². The second-order valence-corrected chi connectivity index (χ2v) is 6.79. The molecule has 0 saturated carbocycles. The summed E-state index contributed by atoms with van der Waals surface area (Å²) in [6.45, 7) is 6.02. The lowest BCUT2D eigenvalue weighted by molar-refractivity contribution is -0.123. The van der Waals surface area contributed by atoms with Crippen LogP contribution in [0.1, 0.15) is 55.6 Å². The summed E-state index contributed by atoms with van der Waals surface area (Å²) in [7, 11) is 0. The zero-order valence-corrected chi connectivity index (χ0v) is 15.1. The third-order valence-corrected chi connectivity index (χ3v) is 4.29. The van der Waals surface area contributed by atoms with Gasteiger partial charge >= 0.3 is 0 Å². The summed E-state index contributed by atoms with van der Waals surface area (Å²) in [6.07, 6.45) is 1.04. The van der Waals surface area contributed by atoms with E-state index in [0.717, 1.165) is 12.0 Å². The minimum atomic E-state index is -0.374. The van der Waals surface area contributed by atoms with E-state index in [4.69, 9.17) is 0 Å². The number of amides is 2. The van der Waals surface area contributed by atoms with E-state index < -0.39 is 0 Å². The van der Waals surface area contributed by atoms with Crippen LogP contribution in [0.5, 0.6) is 0 Å². The molecule has 0 spiro atoms. The number of rotatable bonds is 7. The van der Waals surface area contributed by atoms with E-state index in [-0.39, 0.29) is 29.8 Å². The smallest absolute Gasteiger partial charge is 0.251 e. The monoisotopic (exact) mass is 338 g/mol.